The molecule has 0 aromatic rings. The highest BCUT2D eigenvalue weighted by Crippen LogP contribution is 2.65. The Kier molecular flexibility index (Phi) is 3.13. The van der Waals surface area contributed by atoms with Gasteiger partial charge in [-0.3, -0.25) is 0 Å². The number of rotatable bonds is 2. The maximum Gasteiger partial charge on any atom is 0.480 e. The zero-order valence-corrected chi connectivity index (χ0v) is 8.82. The third-order valence-electron chi connectivity index (χ3n) is 1.90. The molecule has 0 bridgehead atoms. The van der Waals surface area contributed by atoms with Crippen molar-refractivity contribution >= 4 is 7.82 Å². The third kappa shape index (κ3) is 1.97. The van der Waals surface area contributed by atoms with Crippen molar-refractivity contribution in [3.63, 3.8) is 0 Å². The molecule has 2 unspecified atom stereocenters. The molecule has 1 heterocycles. The summed E-state index contributed by atoms with van der Waals surface area (Å²) in [5.74, 6) is -9.57. The molecule has 0 amide bonds. The molecule has 0 aromatic carbocycles. The van der Waals surface area contributed by atoms with Crippen molar-refractivity contribution in [1.82, 2.24) is 0 Å². The second-order valence-corrected chi connectivity index (χ2v) is 4.52. The Labute approximate surface area is 87.0 Å². The monoisotopic (exact) mass is 270 g/mol. The highest BCUT2D eigenvalue weighted by molar-refractivity contribution is 7.47. The van der Waals surface area contributed by atoms with Gasteiger partial charge in [0.05, 0.1) is 0 Å². The summed E-state index contributed by atoms with van der Waals surface area (Å²) in [6.07, 6.45) is -6.86. The molecule has 1 rings (SSSR count). The smallest absolute Gasteiger partial charge is 0.302 e. The van der Waals surface area contributed by atoms with Crippen LogP contribution in [-0.4, -0.2) is 22.8 Å². The van der Waals surface area contributed by atoms with Crippen LogP contribution in [0.5, 0.6) is 0 Å². The maximum absolute atomic E-state index is 13.5. The number of hydrogen-bond donors (Lipinski definition) is 1. The van der Waals surface area contributed by atoms with Crippen LogP contribution in [0, 0.1) is 0 Å². The van der Waals surface area contributed by atoms with Gasteiger partial charge in [-0.25, -0.2) is 18.0 Å². The van der Waals surface area contributed by atoms with Crippen LogP contribution in [0.15, 0.2) is 0 Å². The molecular formula is C6H8F5O4P. The summed E-state index contributed by atoms with van der Waals surface area (Å²) in [6, 6.07) is 0. The molecule has 0 spiro atoms. The van der Waals surface area contributed by atoms with Gasteiger partial charge in [-0.2, -0.15) is 17.6 Å². The quantitative estimate of drug-likeness (QED) is 0.619. The van der Waals surface area contributed by atoms with Gasteiger partial charge >= 0.3 is 19.9 Å². The topological polar surface area (TPSA) is 55.8 Å². The second kappa shape index (κ2) is 3.63. The largest absolute Gasteiger partial charge is 0.480 e. The fourth-order valence-corrected chi connectivity index (χ4v) is 2.22. The third-order valence-corrected chi connectivity index (χ3v) is 2.88. The summed E-state index contributed by atoms with van der Waals surface area (Å²) in [4.78, 5) is 8.56. The van der Waals surface area contributed by atoms with Crippen molar-refractivity contribution in [1.29, 1.82) is 0 Å². The van der Waals surface area contributed by atoms with Gasteiger partial charge in [0.1, 0.15) is 0 Å². The van der Waals surface area contributed by atoms with E-state index in [2.05, 4.69) is 9.05 Å². The molecule has 16 heavy (non-hydrogen) atoms. The van der Waals surface area contributed by atoms with Crippen LogP contribution in [0.2, 0.25) is 0 Å². The molecule has 0 aliphatic carbocycles. The standard InChI is InChI=1S/C6H8F5O4P/c1-2-3-4(7)5(8,9)6(10,11)15-16(12,13)14-4/h2-3H2,1H3,(H,12,13). The van der Waals surface area contributed by atoms with Crippen LogP contribution in [0.1, 0.15) is 19.8 Å². The number of phosphoric ester groups is 1. The minimum absolute atomic E-state index is 0.290. The van der Waals surface area contributed by atoms with E-state index in [0.29, 0.717) is 0 Å². The van der Waals surface area contributed by atoms with Crippen LogP contribution in [0.4, 0.5) is 22.0 Å². The van der Waals surface area contributed by atoms with E-state index >= 15 is 0 Å². The molecule has 1 N–H and O–H groups in total. The van der Waals surface area contributed by atoms with Crippen molar-refractivity contribution in [2.45, 2.75) is 37.7 Å². The molecule has 1 saturated heterocycles. The summed E-state index contributed by atoms with van der Waals surface area (Å²) in [6.45, 7) is 1.22. The average Bonchev–Trinajstić information content (AvgIpc) is 1.97. The lowest BCUT2D eigenvalue weighted by Gasteiger charge is -2.41. The van der Waals surface area contributed by atoms with E-state index < -0.39 is 32.1 Å². The van der Waals surface area contributed by atoms with E-state index in [9.17, 15) is 26.5 Å². The number of hydrogen-bond acceptors (Lipinski definition) is 3. The van der Waals surface area contributed by atoms with Crippen LogP contribution in [-0.2, 0) is 13.6 Å². The fourth-order valence-electron chi connectivity index (χ4n) is 1.20. The summed E-state index contributed by atoms with van der Waals surface area (Å²) in [5, 5.41) is 0. The first-order valence-corrected chi connectivity index (χ1v) is 5.66. The van der Waals surface area contributed by atoms with Gasteiger partial charge in [0.2, 0.25) is 0 Å². The molecule has 96 valence electrons. The maximum atomic E-state index is 13.5. The summed E-state index contributed by atoms with van der Waals surface area (Å²) in [5.41, 5.74) is 0. The molecule has 0 aromatic heterocycles. The number of halogens is 5. The van der Waals surface area contributed by atoms with E-state index in [-0.39, 0.29) is 6.42 Å². The molecule has 1 fully saturated rings. The summed E-state index contributed by atoms with van der Waals surface area (Å²) >= 11 is 0. The lowest BCUT2D eigenvalue weighted by molar-refractivity contribution is -0.412. The van der Waals surface area contributed by atoms with Crippen LogP contribution in [0.3, 0.4) is 0 Å². The highest BCUT2D eigenvalue weighted by atomic mass is 31.2. The van der Waals surface area contributed by atoms with Crippen molar-refractivity contribution in [3.8, 4) is 0 Å². The second-order valence-electron chi connectivity index (χ2n) is 3.22. The van der Waals surface area contributed by atoms with E-state index in [1.165, 1.54) is 6.92 Å². The molecule has 0 radical (unpaired) electrons. The first kappa shape index (κ1) is 13.8. The van der Waals surface area contributed by atoms with Gasteiger partial charge in [0.15, 0.2) is 0 Å². The van der Waals surface area contributed by atoms with E-state index in [1.807, 2.05) is 0 Å². The molecule has 1 aliphatic rings. The van der Waals surface area contributed by atoms with E-state index in [0.717, 1.165) is 0 Å². The van der Waals surface area contributed by atoms with Gasteiger partial charge < -0.3 is 4.89 Å². The Morgan fingerprint density at radius 3 is 2.12 bits per heavy atom. The highest BCUT2D eigenvalue weighted by Gasteiger charge is 2.79. The van der Waals surface area contributed by atoms with Crippen molar-refractivity contribution in [2.24, 2.45) is 0 Å². The van der Waals surface area contributed by atoms with Crippen molar-refractivity contribution in [2.75, 3.05) is 0 Å². The first-order chi connectivity index (χ1) is 6.97. The lowest BCUT2D eigenvalue weighted by atomic mass is 10.0. The van der Waals surface area contributed by atoms with Gasteiger partial charge in [-0.05, 0) is 0 Å². The molecule has 10 heteroatoms. The summed E-state index contributed by atoms with van der Waals surface area (Å²) in [7, 11) is -5.54. The van der Waals surface area contributed by atoms with Gasteiger partial charge in [-0.1, -0.05) is 13.3 Å². The molecule has 2 atom stereocenters. The zero-order chi connectivity index (χ0) is 12.8. The fraction of sp³-hybridized carbons (Fsp3) is 1.00. The minimum atomic E-state index is -5.54. The summed E-state index contributed by atoms with van der Waals surface area (Å²) < 4.78 is 81.7. The van der Waals surface area contributed by atoms with Crippen molar-refractivity contribution in [3.05, 3.63) is 0 Å². The van der Waals surface area contributed by atoms with Gasteiger partial charge in [-0.15, -0.1) is 0 Å². The van der Waals surface area contributed by atoms with Gasteiger partial charge in [0, 0.05) is 6.42 Å². The molecule has 0 saturated carbocycles. The van der Waals surface area contributed by atoms with Crippen molar-refractivity contribution < 1.29 is 40.5 Å². The number of phosphoric acid groups is 1. The first-order valence-electron chi connectivity index (χ1n) is 4.16. The average molecular weight is 270 g/mol. The Hall–Kier alpha value is -0.240. The SMILES string of the molecule is CCCC1(F)OP(=O)(O)OC(F)(F)C1(F)F. The van der Waals surface area contributed by atoms with Crippen LogP contribution in [0.25, 0.3) is 0 Å². The molecular weight excluding hydrogens is 262 g/mol. The van der Waals surface area contributed by atoms with E-state index in [1.54, 1.807) is 0 Å². The van der Waals surface area contributed by atoms with Crippen LogP contribution >= 0.6 is 7.82 Å². The Bertz CT molecular complexity index is 335. The molecule has 4 nitrogen and oxygen atoms in total. The Balaban J connectivity index is 3.20. The zero-order valence-electron chi connectivity index (χ0n) is 7.92. The number of alkyl halides is 5. The van der Waals surface area contributed by atoms with Gasteiger partial charge in [0.25, 0.3) is 5.85 Å². The Morgan fingerprint density at radius 1 is 1.19 bits per heavy atom. The predicted molar refractivity (Wildman–Crippen MR) is 40.6 cm³/mol. The minimum Gasteiger partial charge on any atom is -0.302 e. The normalized spacial score (nSPS) is 41.9. The Morgan fingerprint density at radius 2 is 1.69 bits per heavy atom. The molecule has 1 aliphatic heterocycles. The lowest BCUT2D eigenvalue weighted by Crippen LogP contribution is -2.61. The predicted octanol–water partition coefficient (Wildman–Crippen LogP) is 2.83. The van der Waals surface area contributed by atoms with E-state index in [4.69, 9.17) is 4.89 Å². The van der Waals surface area contributed by atoms with Crippen LogP contribution < -0.4 is 0 Å².